The minimum absolute atomic E-state index is 0.249. The average molecular weight is 273 g/mol. The van der Waals surface area contributed by atoms with Gasteiger partial charge in [-0.1, -0.05) is 12.1 Å². The summed E-state index contributed by atoms with van der Waals surface area (Å²) in [6, 6.07) is 8.17. The van der Waals surface area contributed by atoms with Gasteiger partial charge < -0.3 is 15.5 Å². The van der Waals surface area contributed by atoms with Crippen molar-refractivity contribution in [1.82, 2.24) is 5.32 Å². The molecule has 1 unspecified atom stereocenters. The van der Waals surface area contributed by atoms with Crippen molar-refractivity contribution >= 4 is 17.3 Å². The lowest BCUT2D eigenvalue weighted by Crippen LogP contribution is -2.34. The highest BCUT2D eigenvalue weighted by Crippen LogP contribution is 2.29. The van der Waals surface area contributed by atoms with Crippen molar-refractivity contribution in [3.8, 4) is 0 Å². The van der Waals surface area contributed by atoms with E-state index in [1.54, 1.807) is 0 Å². The third kappa shape index (κ3) is 2.96. The topological polar surface area (TPSA) is 44.4 Å². The van der Waals surface area contributed by atoms with Gasteiger partial charge in [0.1, 0.15) is 0 Å². The summed E-state index contributed by atoms with van der Waals surface area (Å²) in [7, 11) is 0. The molecule has 0 radical (unpaired) electrons. The van der Waals surface area contributed by atoms with Gasteiger partial charge in [-0.15, -0.1) is 0 Å². The first-order valence-corrected chi connectivity index (χ1v) is 7.68. The number of piperidine rings is 1. The van der Waals surface area contributed by atoms with Crippen LogP contribution in [0.15, 0.2) is 24.3 Å². The molecule has 1 aromatic rings. The molecule has 1 amide bonds. The molecule has 0 spiro atoms. The fourth-order valence-electron chi connectivity index (χ4n) is 3.11. The standard InChI is InChI=1S/C16H23N3O/c20-16-8-4-10-19(16)15-7-2-1-6-14(15)18-12-13-5-3-9-17-11-13/h1-2,6-7,13,17-18H,3-5,8-12H2. The first kappa shape index (κ1) is 13.4. The maximum absolute atomic E-state index is 11.9. The molecule has 4 nitrogen and oxygen atoms in total. The minimum Gasteiger partial charge on any atom is -0.383 e. The quantitative estimate of drug-likeness (QED) is 0.884. The maximum atomic E-state index is 11.9. The molecule has 20 heavy (non-hydrogen) atoms. The number of hydrogen-bond donors (Lipinski definition) is 2. The number of para-hydroxylation sites is 2. The monoisotopic (exact) mass is 273 g/mol. The number of anilines is 2. The Morgan fingerprint density at radius 3 is 2.95 bits per heavy atom. The van der Waals surface area contributed by atoms with Crippen LogP contribution < -0.4 is 15.5 Å². The van der Waals surface area contributed by atoms with Crippen LogP contribution in [0.4, 0.5) is 11.4 Å². The van der Waals surface area contributed by atoms with Crippen LogP contribution in [0.1, 0.15) is 25.7 Å². The van der Waals surface area contributed by atoms with Gasteiger partial charge in [0.15, 0.2) is 0 Å². The van der Waals surface area contributed by atoms with E-state index in [0.29, 0.717) is 12.3 Å². The third-order valence-corrected chi connectivity index (χ3v) is 4.25. The predicted molar refractivity (Wildman–Crippen MR) is 82.1 cm³/mol. The molecule has 4 heteroatoms. The number of nitrogens with zero attached hydrogens (tertiary/aromatic N) is 1. The van der Waals surface area contributed by atoms with Crippen molar-refractivity contribution in [2.45, 2.75) is 25.7 Å². The first-order chi connectivity index (χ1) is 9.84. The number of carbonyl (C=O) groups is 1. The van der Waals surface area contributed by atoms with Crippen molar-refractivity contribution in [3.63, 3.8) is 0 Å². The summed E-state index contributed by atoms with van der Waals surface area (Å²) < 4.78 is 0. The fraction of sp³-hybridized carbons (Fsp3) is 0.562. The Bertz CT molecular complexity index is 469. The lowest BCUT2D eigenvalue weighted by atomic mass is 9.99. The van der Waals surface area contributed by atoms with Gasteiger partial charge in [-0.05, 0) is 50.4 Å². The van der Waals surface area contributed by atoms with Gasteiger partial charge in [0.25, 0.3) is 0 Å². The molecule has 2 N–H and O–H groups in total. The molecule has 2 aliphatic heterocycles. The van der Waals surface area contributed by atoms with Gasteiger partial charge in [-0.25, -0.2) is 0 Å². The second-order valence-electron chi connectivity index (χ2n) is 5.76. The highest BCUT2D eigenvalue weighted by atomic mass is 16.2. The Kier molecular flexibility index (Phi) is 4.21. The van der Waals surface area contributed by atoms with Gasteiger partial charge in [0.05, 0.1) is 11.4 Å². The number of hydrogen-bond acceptors (Lipinski definition) is 3. The second kappa shape index (κ2) is 6.27. The van der Waals surface area contributed by atoms with Crippen LogP contribution in [-0.4, -0.2) is 32.1 Å². The van der Waals surface area contributed by atoms with Crippen LogP contribution in [0, 0.1) is 5.92 Å². The van der Waals surface area contributed by atoms with Crippen molar-refractivity contribution in [2.24, 2.45) is 5.92 Å². The van der Waals surface area contributed by atoms with Crippen molar-refractivity contribution in [3.05, 3.63) is 24.3 Å². The van der Waals surface area contributed by atoms with Crippen LogP contribution in [0.3, 0.4) is 0 Å². The average Bonchev–Trinajstić information content (AvgIpc) is 2.92. The number of rotatable bonds is 4. The van der Waals surface area contributed by atoms with E-state index in [4.69, 9.17) is 0 Å². The van der Waals surface area contributed by atoms with E-state index in [-0.39, 0.29) is 5.91 Å². The van der Waals surface area contributed by atoms with E-state index in [9.17, 15) is 4.79 Å². The van der Waals surface area contributed by atoms with Gasteiger partial charge in [-0.3, -0.25) is 4.79 Å². The van der Waals surface area contributed by atoms with E-state index in [2.05, 4.69) is 16.7 Å². The number of amides is 1. The molecular formula is C16H23N3O. The predicted octanol–water partition coefficient (Wildman–Crippen LogP) is 2.22. The zero-order chi connectivity index (χ0) is 13.8. The van der Waals surface area contributed by atoms with Crippen molar-refractivity contribution in [1.29, 1.82) is 0 Å². The largest absolute Gasteiger partial charge is 0.383 e. The molecule has 3 rings (SSSR count). The summed E-state index contributed by atoms with van der Waals surface area (Å²) in [4.78, 5) is 13.8. The Morgan fingerprint density at radius 1 is 1.30 bits per heavy atom. The molecule has 2 aliphatic rings. The van der Waals surface area contributed by atoms with Crippen LogP contribution in [0.5, 0.6) is 0 Å². The van der Waals surface area contributed by atoms with E-state index >= 15 is 0 Å². The van der Waals surface area contributed by atoms with E-state index < -0.39 is 0 Å². The first-order valence-electron chi connectivity index (χ1n) is 7.68. The summed E-state index contributed by atoms with van der Waals surface area (Å²) in [5.74, 6) is 0.935. The molecule has 1 atom stereocenters. The lowest BCUT2D eigenvalue weighted by Gasteiger charge is -2.25. The summed E-state index contributed by atoms with van der Waals surface area (Å²) >= 11 is 0. The van der Waals surface area contributed by atoms with Crippen LogP contribution >= 0.6 is 0 Å². The molecule has 0 aromatic heterocycles. The molecule has 2 heterocycles. The highest BCUT2D eigenvalue weighted by molar-refractivity contribution is 5.98. The maximum Gasteiger partial charge on any atom is 0.227 e. The Balaban J connectivity index is 1.67. The molecule has 0 aliphatic carbocycles. The third-order valence-electron chi connectivity index (χ3n) is 4.25. The van der Waals surface area contributed by atoms with E-state index in [1.807, 2.05) is 23.1 Å². The summed E-state index contributed by atoms with van der Waals surface area (Å²) in [5, 5.41) is 6.99. The fourth-order valence-corrected chi connectivity index (χ4v) is 3.11. The van der Waals surface area contributed by atoms with Crippen LogP contribution in [-0.2, 0) is 4.79 Å². The molecule has 2 saturated heterocycles. The van der Waals surface area contributed by atoms with Gasteiger partial charge >= 0.3 is 0 Å². The summed E-state index contributed by atoms with van der Waals surface area (Å²) in [5.41, 5.74) is 2.13. The Labute approximate surface area is 120 Å². The molecule has 1 aromatic carbocycles. The Morgan fingerprint density at radius 2 is 2.20 bits per heavy atom. The SMILES string of the molecule is O=C1CCCN1c1ccccc1NCC1CCCNC1. The van der Waals surface area contributed by atoms with Crippen LogP contribution in [0.25, 0.3) is 0 Å². The molecule has 0 saturated carbocycles. The second-order valence-corrected chi connectivity index (χ2v) is 5.76. The van der Waals surface area contributed by atoms with E-state index in [0.717, 1.165) is 44.0 Å². The zero-order valence-corrected chi connectivity index (χ0v) is 11.9. The van der Waals surface area contributed by atoms with Crippen LogP contribution in [0.2, 0.25) is 0 Å². The lowest BCUT2D eigenvalue weighted by molar-refractivity contribution is -0.117. The highest BCUT2D eigenvalue weighted by Gasteiger charge is 2.23. The van der Waals surface area contributed by atoms with Crippen molar-refractivity contribution < 1.29 is 4.79 Å². The summed E-state index contributed by atoms with van der Waals surface area (Å²) in [6.45, 7) is 4.07. The normalized spacial score (nSPS) is 23.1. The van der Waals surface area contributed by atoms with E-state index in [1.165, 1.54) is 12.8 Å². The minimum atomic E-state index is 0.249. The zero-order valence-electron chi connectivity index (χ0n) is 11.9. The molecule has 0 bridgehead atoms. The number of benzene rings is 1. The summed E-state index contributed by atoms with van der Waals surface area (Å²) in [6.07, 6.45) is 4.20. The molecule has 2 fully saturated rings. The smallest absolute Gasteiger partial charge is 0.227 e. The number of nitrogens with one attached hydrogen (secondary N) is 2. The van der Waals surface area contributed by atoms with Gasteiger partial charge in [-0.2, -0.15) is 0 Å². The number of carbonyl (C=O) groups excluding carboxylic acids is 1. The van der Waals surface area contributed by atoms with Gasteiger partial charge in [0, 0.05) is 19.5 Å². The molecular weight excluding hydrogens is 250 g/mol. The Hall–Kier alpha value is -1.55. The molecule has 108 valence electrons. The van der Waals surface area contributed by atoms with Gasteiger partial charge in [0.2, 0.25) is 5.91 Å². The van der Waals surface area contributed by atoms with Crippen molar-refractivity contribution in [2.75, 3.05) is 36.4 Å².